The van der Waals surface area contributed by atoms with Crippen LogP contribution in [0.1, 0.15) is 61.4 Å². The second-order valence-corrected chi connectivity index (χ2v) is 6.99. The molecule has 1 aromatic carbocycles. The predicted octanol–water partition coefficient (Wildman–Crippen LogP) is 4.13. The van der Waals surface area contributed by atoms with Crippen LogP contribution in [-0.4, -0.2) is 24.2 Å². The molecule has 1 saturated carbocycles. The van der Waals surface area contributed by atoms with Crippen LogP contribution in [0.5, 0.6) is 0 Å². The Kier molecular flexibility index (Phi) is 3.68. The number of carboxylic acid groups (broad SMARTS) is 1. The molecule has 2 atom stereocenters. The Hall–Kier alpha value is -1.51. The maximum Gasteiger partial charge on any atom is 0.335 e. The summed E-state index contributed by atoms with van der Waals surface area (Å²) in [5.74, 6) is 1.06. The van der Waals surface area contributed by atoms with E-state index in [4.69, 9.17) is 0 Å². The van der Waals surface area contributed by atoms with Gasteiger partial charge in [0, 0.05) is 24.7 Å². The number of anilines is 1. The van der Waals surface area contributed by atoms with Gasteiger partial charge in [0.05, 0.1) is 5.56 Å². The molecule has 0 radical (unpaired) electrons. The number of likely N-dealkylation sites (N-methyl/N-ethyl adjacent to an activating group) is 1. The summed E-state index contributed by atoms with van der Waals surface area (Å²) in [5.41, 5.74) is 2.90. The molecule has 1 aliphatic heterocycles. The highest BCUT2D eigenvalue weighted by molar-refractivity contribution is 5.89. The number of benzene rings is 1. The molecule has 1 heterocycles. The molecule has 0 aromatic heterocycles. The van der Waals surface area contributed by atoms with E-state index in [1.165, 1.54) is 31.2 Å². The van der Waals surface area contributed by atoms with Gasteiger partial charge in [-0.05, 0) is 42.4 Å². The van der Waals surface area contributed by atoms with Crippen molar-refractivity contribution in [1.82, 2.24) is 0 Å². The van der Waals surface area contributed by atoms with Crippen LogP contribution in [-0.2, 0) is 0 Å². The van der Waals surface area contributed by atoms with E-state index >= 15 is 0 Å². The van der Waals surface area contributed by atoms with E-state index in [2.05, 4.69) is 31.9 Å². The summed E-state index contributed by atoms with van der Waals surface area (Å²) in [6, 6.07) is 6.20. The fourth-order valence-electron chi connectivity index (χ4n) is 4.56. The second-order valence-electron chi connectivity index (χ2n) is 6.99. The van der Waals surface area contributed by atoms with Crippen molar-refractivity contribution in [2.75, 3.05) is 11.9 Å². The summed E-state index contributed by atoms with van der Waals surface area (Å²) in [7, 11) is 2.13. The van der Waals surface area contributed by atoms with Crippen LogP contribution in [0.2, 0.25) is 0 Å². The first-order valence-corrected chi connectivity index (χ1v) is 8.10. The maximum absolute atomic E-state index is 11.2. The molecule has 1 fully saturated rings. The van der Waals surface area contributed by atoms with Crippen LogP contribution in [0.25, 0.3) is 0 Å². The number of nitrogens with zero attached hydrogens (tertiary/aromatic N) is 1. The molecule has 1 aromatic rings. The average molecular weight is 287 g/mol. The number of carbonyl (C=O) groups is 1. The third-order valence-electron chi connectivity index (χ3n) is 5.42. The zero-order valence-electron chi connectivity index (χ0n) is 13.2. The Labute approximate surface area is 127 Å². The molecule has 0 spiro atoms. The van der Waals surface area contributed by atoms with E-state index in [9.17, 15) is 9.90 Å². The summed E-state index contributed by atoms with van der Waals surface area (Å²) in [4.78, 5) is 13.6. The van der Waals surface area contributed by atoms with Crippen LogP contribution < -0.4 is 4.90 Å². The third kappa shape index (κ3) is 2.33. The Balaban J connectivity index is 2.05. The number of aromatic carboxylic acids is 1. The van der Waals surface area contributed by atoms with Crippen molar-refractivity contribution in [3.05, 3.63) is 29.3 Å². The molecule has 21 heavy (non-hydrogen) atoms. The Morgan fingerprint density at radius 3 is 2.52 bits per heavy atom. The minimum Gasteiger partial charge on any atom is -0.478 e. The number of carboxylic acids is 1. The Morgan fingerprint density at radius 1 is 1.29 bits per heavy atom. The summed E-state index contributed by atoms with van der Waals surface area (Å²) >= 11 is 0. The van der Waals surface area contributed by atoms with Gasteiger partial charge in [-0.15, -0.1) is 0 Å². The van der Waals surface area contributed by atoms with Crippen LogP contribution in [0.4, 0.5) is 5.69 Å². The smallest absolute Gasteiger partial charge is 0.335 e. The lowest BCUT2D eigenvalue weighted by Gasteiger charge is -2.33. The second kappa shape index (κ2) is 5.36. The first-order valence-electron chi connectivity index (χ1n) is 8.10. The lowest BCUT2D eigenvalue weighted by molar-refractivity contribution is 0.0697. The highest BCUT2D eigenvalue weighted by atomic mass is 16.4. The zero-order valence-corrected chi connectivity index (χ0v) is 13.2. The van der Waals surface area contributed by atoms with Crippen LogP contribution in [0, 0.1) is 11.8 Å². The van der Waals surface area contributed by atoms with E-state index < -0.39 is 5.97 Å². The van der Waals surface area contributed by atoms with E-state index in [-0.39, 0.29) is 0 Å². The minimum atomic E-state index is -0.836. The van der Waals surface area contributed by atoms with Gasteiger partial charge in [0.2, 0.25) is 0 Å². The van der Waals surface area contributed by atoms with Crippen molar-refractivity contribution in [3.8, 4) is 0 Å². The van der Waals surface area contributed by atoms with Crippen LogP contribution >= 0.6 is 0 Å². The SMILES string of the molecule is CC(C)C1C(C2CCCC2)c2ccc(C(=O)O)cc2N1C. The van der Waals surface area contributed by atoms with Gasteiger partial charge in [0.15, 0.2) is 0 Å². The molecule has 2 aliphatic rings. The molecule has 114 valence electrons. The van der Waals surface area contributed by atoms with Crippen LogP contribution in [0.15, 0.2) is 18.2 Å². The van der Waals surface area contributed by atoms with Crippen molar-refractivity contribution >= 4 is 11.7 Å². The Bertz CT molecular complexity index is 546. The normalized spacial score (nSPS) is 25.6. The van der Waals surface area contributed by atoms with Gasteiger partial charge in [0.1, 0.15) is 0 Å². The van der Waals surface area contributed by atoms with Gasteiger partial charge >= 0.3 is 5.97 Å². The van der Waals surface area contributed by atoms with Crippen molar-refractivity contribution in [1.29, 1.82) is 0 Å². The summed E-state index contributed by atoms with van der Waals surface area (Å²) < 4.78 is 0. The molecule has 3 nitrogen and oxygen atoms in total. The van der Waals surface area contributed by atoms with Gasteiger partial charge in [-0.3, -0.25) is 0 Å². The van der Waals surface area contributed by atoms with Crippen LogP contribution in [0.3, 0.4) is 0 Å². The molecule has 0 amide bonds. The number of hydrogen-bond donors (Lipinski definition) is 1. The average Bonchev–Trinajstić information content (AvgIpc) is 3.04. The molecule has 1 N–H and O–H groups in total. The number of hydrogen-bond acceptors (Lipinski definition) is 2. The van der Waals surface area contributed by atoms with E-state index in [1.807, 2.05) is 6.07 Å². The largest absolute Gasteiger partial charge is 0.478 e. The topological polar surface area (TPSA) is 40.5 Å². The summed E-state index contributed by atoms with van der Waals surface area (Å²) in [6.45, 7) is 4.57. The quantitative estimate of drug-likeness (QED) is 0.908. The molecule has 3 heteroatoms. The van der Waals surface area contributed by atoms with Gasteiger partial charge in [0.25, 0.3) is 0 Å². The highest BCUT2D eigenvalue weighted by Crippen LogP contribution is 2.50. The lowest BCUT2D eigenvalue weighted by atomic mass is 9.78. The van der Waals surface area contributed by atoms with Crippen molar-refractivity contribution < 1.29 is 9.90 Å². The third-order valence-corrected chi connectivity index (χ3v) is 5.42. The summed E-state index contributed by atoms with van der Waals surface area (Å²) in [5, 5.41) is 9.24. The van der Waals surface area contributed by atoms with Crippen molar-refractivity contribution in [3.63, 3.8) is 0 Å². The standard InChI is InChI=1S/C18H25NO2/c1-11(2)17-16(12-6-4-5-7-12)14-9-8-13(18(20)21)10-15(14)19(17)3/h8-12,16-17H,4-7H2,1-3H3,(H,20,21). The summed E-state index contributed by atoms with van der Waals surface area (Å²) in [6.07, 6.45) is 5.33. The molecule has 3 rings (SSSR count). The monoisotopic (exact) mass is 287 g/mol. The Morgan fingerprint density at radius 2 is 1.95 bits per heavy atom. The lowest BCUT2D eigenvalue weighted by Crippen LogP contribution is -2.37. The number of fused-ring (bicyclic) bond motifs is 1. The molecule has 0 bridgehead atoms. The van der Waals surface area contributed by atoms with E-state index in [0.29, 0.717) is 23.4 Å². The zero-order chi connectivity index (χ0) is 15.1. The van der Waals surface area contributed by atoms with E-state index in [0.717, 1.165) is 11.6 Å². The maximum atomic E-state index is 11.2. The van der Waals surface area contributed by atoms with E-state index in [1.54, 1.807) is 6.07 Å². The predicted molar refractivity (Wildman–Crippen MR) is 85.1 cm³/mol. The fraction of sp³-hybridized carbons (Fsp3) is 0.611. The minimum absolute atomic E-state index is 0.398. The van der Waals surface area contributed by atoms with Gasteiger partial charge in [-0.2, -0.15) is 0 Å². The van der Waals surface area contributed by atoms with Gasteiger partial charge < -0.3 is 10.0 Å². The van der Waals surface area contributed by atoms with Gasteiger partial charge in [-0.1, -0.05) is 32.8 Å². The first-order chi connectivity index (χ1) is 10.0. The van der Waals surface area contributed by atoms with Crippen molar-refractivity contribution in [2.24, 2.45) is 11.8 Å². The highest BCUT2D eigenvalue weighted by Gasteiger charge is 2.43. The van der Waals surface area contributed by atoms with Crippen molar-refractivity contribution in [2.45, 2.75) is 51.5 Å². The molecule has 2 unspecified atom stereocenters. The van der Waals surface area contributed by atoms with Gasteiger partial charge in [-0.25, -0.2) is 4.79 Å². The fourth-order valence-corrected chi connectivity index (χ4v) is 4.56. The molecular weight excluding hydrogens is 262 g/mol. The number of rotatable bonds is 3. The molecular formula is C18H25NO2. The molecule has 1 aliphatic carbocycles. The first kappa shape index (κ1) is 14.4. The molecule has 0 saturated heterocycles.